The second kappa shape index (κ2) is 9.89. The summed E-state index contributed by atoms with van der Waals surface area (Å²) in [5.74, 6) is 1.94. The van der Waals surface area contributed by atoms with Gasteiger partial charge in [-0.25, -0.2) is 14.4 Å². The van der Waals surface area contributed by atoms with Crippen LogP contribution in [-0.2, 0) is 18.5 Å². The lowest BCUT2D eigenvalue weighted by atomic mass is 9.94. The SMILES string of the molecule is CCNC(=NCc1ccc(F)c(C)c1)NCc1ncc(C(C)(C)C)o1.I. The molecule has 0 saturated heterocycles. The van der Waals surface area contributed by atoms with Gasteiger partial charge in [-0.05, 0) is 31.0 Å². The highest BCUT2D eigenvalue weighted by Gasteiger charge is 2.19. The summed E-state index contributed by atoms with van der Waals surface area (Å²) in [4.78, 5) is 8.83. The van der Waals surface area contributed by atoms with Crippen LogP contribution < -0.4 is 10.6 Å². The van der Waals surface area contributed by atoms with Gasteiger partial charge in [-0.3, -0.25) is 0 Å². The average Bonchev–Trinajstić information content (AvgIpc) is 3.02. The number of hydrogen-bond donors (Lipinski definition) is 2. The number of rotatable bonds is 5. The number of hydrogen-bond acceptors (Lipinski definition) is 3. The molecule has 26 heavy (non-hydrogen) atoms. The minimum Gasteiger partial charge on any atom is -0.443 e. The highest BCUT2D eigenvalue weighted by Crippen LogP contribution is 2.22. The Morgan fingerprint density at radius 2 is 2.00 bits per heavy atom. The minimum atomic E-state index is -0.198. The van der Waals surface area contributed by atoms with Gasteiger partial charge in [0.2, 0.25) is 5.89 Å². The van der Waals surface area contributed by atoms with E-state index in [9.17, 15) is 4.39 Å². The summed E-state index contributed by atoms with van der Waals surface area (Å²) in [5.41, 5.74) is 1.52. The number of halogens is 2. The average molecular weight is 474 g/mol. The third kappa shape index (κ3) is 6.59. The van der Waals surface area contributed by atoms with Crippen LogP contribution in [0.5, 0.6) is 0 Å². The summed E-state index contributed by atoms with van der Waals surface area (Å²) < 4.78 is 19.1. The molecule has 2 aromatic rings. The Balaban J connectivity index is 0.00000338. The van der Waals surface area contributed by atoms with E-state index in [0.29, 0.717) is 30.5 Å². The predicted molar refractivity (Wildman–Crippen MR) is 113 cm³/mol. The molecule has 0 radical (unpaired) electrons. The topological polar surface area (TPSA) is 62.5 Å². The van der Waals surface area contributed by atoms with Crippen LogP contribution in [0.25, 0.3) is 0 Å². The number of aryl methyl sites for hydroxylation is 1. The lowest BCUT2D eigenvalue weighted by molar-refractivity contribution is 0.379. The zero-order chi connectivity index (χ0) is 18.4. The van der Waals surface area contributed by atoms with Crippen LogP contribution >= 0.6 is 24.0 Å². The molecular formula is C19H28FIN4O. The molecule has 0 aliphatic carbocycles. The van der Waals surface area contributed by atoms with Crippen LogP contribution in [0.15, 0.2) is 33.8 Å². The summed E-state index contributed by atoms with van der Waals surface area (Å²) in [6.07, 6.45) is 1.77. The molecule has 0 bridgehead atoms. The van der Waals surface area contributed by atoms with Crippen molar-refractivity contribution < 1.29 is 8.81 Å². The molecule has 0 aliphatic heterocycles. The number of nitrogens with zero attached hydrogens (tertiary/aromatic N) is 2. The fourth-order valence-corrected chi connectivity index (χ4v) is 2.22. The maximum absolute atomic E-state index is 13.3. The molecule has 0 fully saturated rings. The monoisotopic (exact) mass is 474 g/mol. The summed E-state index contributed by atoms with van der Waals surface area (Å²) >= 11 is 0. The molecule has 0 saturated carbocycles. The number of oxazole rings is 1. The van der Waals surface area contributed by atoms with Gasteiger partial charge in [0, 0.05) is 12.0 Å². The first kappa shape index (κ1) is 22.4. The van der Waals surface area contributed by atoms with Gasteiger partial charge in [-0.2, -0.15) is 0 Å². The number of benzene rings is 1. The van der Waals surface area contributed by atoms with Gasteiger partial charge in [0.15, 0.2) is 5.96 Å². The molecule has 0 unspecified atom stereocenters. The molecule has 7 heteroatoms. The fraction of sp³-hybridized carbons (Fsp3) is 0.474. The standard InChI is InChI=1S/C19H27FN4O.HI/c1-6-21-18(23-10-14-7-8-15(20)13(2)9-14)24-12-17-22-11-16(25-17)19(3,4)5;/h7-9,11H,6,10,12H2,1-5H3,(H2,21,23,24);1H. The fourth-order valence-electron chi connectivity index (χ4n) is 2.22. The van der Waals surface area contributed by atoms with Crippen LogP contribution in [0, 0.1) is 12.7 Å². The van der Waals surface area contributed by atoms with Crippen LogP contribution in [0.1, 0.15) is 50.5 Å². The van der Waals surface area contributed by atoms with Crippen molar-refractivity contribution >= 4 is 29.9 Å². The lowest BCUT2D eigenvalue weighted by Gasteiger charge is -2.13. The highest BCUT2D eigenvalue weighted by molar-refractivity contribution is 14.0. The van der Waals surface area contributed by atoms with E-state index in [1.165, 1.54) is 6.07 Å². The maximum atomic E-state index is 13.3. The number of aliphatic imine (C=N–C) groups is 1. The van der Waals surface area contributed by atoms with E-state index in [-0.39, 0.29) is 35.2 Å². The Kier molecular flexibility index (Phi) is 8.52. The third-order valence-corrected chi connectivity index (χ3v) is 3.69. The van der Waals surface area contributed by atoms with E-state index < -0.39 is 0 Å². The third-order valence-electron chi connectivity index (χ3n) is 3.69. The molecule has 5 nitrogen and oxygen atoms in total. The Morgan fingerprint density at radius 1 is 1.27 bits per heavy atom. The van der Waals surface area contributed by atoms with Gasteiger partial charge in [0.05, 0.1) is 19.3 Å². The molecule has 1 heterocycles. The lowest BCUT2D eigenvalue weighted by Crippen LogP contribution is -2.36. The molecule has 2 N–H and O–H groups in total. The Morgan fingerprint density at radius 3 is 2.58 bits per heavy atom. The Hall–Kier alpha value is -1.64. The van der Waals surface area contributed by atoms with Gasteiger partial charge in [-0.15, -0.1) is 24.0 Å². The summed E-state index contributed by atoms with van der Waals surface area (Å²) in [6, 6.07) is 5.03. The number of guanidine groups is 1. The van der Waals surface area contributed by atoms with E-state index in [2.05, 4.69) is 41.4 Å². The molecule has 1 aromatic heterocycles. The normalized spacial score (nSPS) is 11.8. The second-order valence-electron chi connectivity index (χ2n) is 7.00. The predicted octanol–water partition coefficient (Wildman–Crippen LogP) is 4.29. The van der Waals surface area contributed by atoms with E-state index in [0.717, 1.165) is 17.9 Å². The summed E-state index contributed by atoms with van der Waals surface area (Å²) in [6.45, 7) is 11.7. The molecule has 0 atom stereocenters. The van der Waals surface area contributed by atoms with E-state index >= 15 is 0 Å². The van der Waals surface area contributed by atoms with Crippen molar-refractivity contribution in [2.75, 3.05) is 6.54 Å². The smallest absolute Gasteiger partial charge is 0.213 e. The van der Waals surface area contributed by atoms with Crippen molar-refractivity contribution in [3.63, 3.8) is 0 Å². The second-order valence-corrected chi connectivity index (χ2v) is 7.00. The van der Waals surface area contributed by atoms with Gasteiger partial charge in [0.25, 0.3) is 0 Å². The molecule has 0 amide bonds. The number of nitrogens with one attached hydrogen (secondary N) is 2. The van der Waals surface area contributed by atoms with Crippen LogP contribution in [-0.4, -0.2) is 17.5 Å². The van der Waals surface area contributed by atoms with E-state index in [1.807, 2.05) is 13.0 Å². The first-order valence-electron chi connectivity index (χ1n) is 8.52. The first-order valence-corrected chi connectivity index (χ1v) is 8.52. The first-order chi connectivity index (χ1) is 11.8. The van der Waals surface area contributed by atoms with Gasteiger partial charge in [0.1, 0.15) is 11.6 Å². The van der Waals surface area contributed by atoms with Crippen LogP contribution in [0.3, 0.4) is 0 Å². The molecule has 1 aromatic carbocycles. The van der Waals surface area contributed by atoms with Crippen molar-refractivity contribution in [3.8, 4) is 0 Å². The van der Waals surface area contributed by atoms with Gasteiger partial charge >= 0.3 is 0 Å². The van der Waals surface area contributed by atoms with Crippen molar-refractivity contribution in [2.24, 2.45) is 4.99 Å². The van der Waals surface area contributed by atoms with E-state index in [1.54, 1.807) is 19.2 Å². The molecule has 0 spiro atoms. The van der Waals surface area contributed by atoms with Crippen molar-refractivity contribution in [1.82, 2.24) is 15.6 Å². The summed E-state index contributed by atoms with van der Waals surface area (Å²) in [7, 11) is 0. The van der Waals surface area contributed by atoms with Crippen molar-refractivity contribution in [2.45, 2.75) is 53.1 Å². The zero-order valence-corrected chi connectivity index (χ0v) is 18.3. The number of aromatic nitrogens is 1. The molecule has 2 rings (SSSR count). The molecule has 144 valence electrons. The van der Waals surface area contributed by atoms with Crippen LogP contribution in [0.2, 0.25) is 0 Å². The highest BCUT2D eigenvalue weighted by atomic mass is 127. The molecular weight excluding hydrogens is 446 g/mol. The van der Waals surface area contributed by atoms with Gasteiger partial charge < -0.3 is 15.1 Å². The quantitative estimate of drug-likeness (QED) is 0.386. The minimum absolute atomic E-state index is 0. The van der Waals surface area contributed by atoms with E-state index in [4.69, 9.17) is 4.42 Å². The largest absolute Gasteiger partial charge is 0.443 e. The Labute approximate surface area is 171 Å². The van der Waals surface area contributed by atoms with Crippen LogP contribution in [0.4, 0.5) is 4.39 Å². The summed E-state index contributed by atoms with van der Waals surface area (Å²) in [5, 5.41) is 6.39. The van der Waals surface area contributed by atoms with Crippen molar-refractivity contribution in [1.29, 1.82) is 0 Å². The molecule has 0 aliphatic rings. The zero-order valence-electron chi connectivity index (χ0n) is 16.0. The van der Waals surface area contributed by atoms with Crippen molar-refractivity contribution in [3.05, 3.63) is 53.0 Å². The maximum Gasteiger partial charge on any atom is 0.213 e. The Bertz CT molecular complexity index is 737. The van der Waals surface area contributed by atoms with Gasteiger partial charge in [-0.1, -0.05) is 32.9 Å².